The van der Waals surface area contributed by atoms with Gasteiger partial charge in [0.1, 0.15) is 0 Å². The van der Waals surface area contributed by atoms with Gasteiger partial charge in [0.05, 0.1) is 5.25 Å². The van der Waals surface area contributed by atoms with E-state index in [-0.39, 0.29) is 23.1 Å². The van der Waals surface area contributed by atoms with E-state index in [2.05, 4.69) is 5.32 Å². The number of thioether (sulfide) groups is 1. The fourth-order valence-electron chi connectivity index (χ4n) is 3.19. The minimum absolute atomic E-state index is 0.0705. The second-order valence-corrected chi connectivity index (χ2v) is 7.18. The van der Waals surface area contributed by atoms with Crippen LogP contribution in [0.2, 0.25) is 0 Å². The predicted octanol–water partition coefficient (Wildman–Crippen LogP) is 1.40. The molecule has 3 fully saturated rings. The van der Waals surface area contributed by atoms with Crippen LogP contribution >= 0.6 is 11.8 Å². The average molecular weight is 282 g/mol. The van der Waals surface area contributed by atoms with Gasteiger partial charge in [0.2, 0.25) is 11.8 Å². The lowest BCUT2D eigenvalue weighted by Gasteiger charge is -2.30. The highest BCUT2D eigenvalue weighted by Gasteiger charge is 2.42. The van der Waals surface area contributed by atoms with Crippen LogP contribution in [-0.4, -0.2) is 46.8 Å². The van der Waals surface area contributed by atoms with E-state index in [0.29, 0.717) is 12.3 Å². The number of amides is 2. The zero-order valence-electron chi connectivity index (χ0n) is 11.3. The lowest BCUT2D eigenvalue weighted by Crippen LogP contribution is -2.44. The molecule has 2 heterocycles. The van der Waals surface area contributed by atoms with E-state index in [1.54, 1.807) is 16.7 Å². The Morgan fingerprint density at radius 3 is 2.53 bits per heavy atom. The molecule has 1 atom stereocenters. The molecule has 0 radical (unpaired) electrons. The standard InChI is InChI=1S/C14H22N2O2S/c17-13-6-12(19-9-10-7-15-8-10)14(18)16(13)11-4-2-1-3-5-11/h10-12,15H,1-9H2. The van der Waals surface area contributed by atoms with Gasteiger partial charge in [0, 0.05) is 12.5 Å². The Hall–Kier alpha value is -0.550. The Morgan fingerprint density at radius 1 is 1.16 bits per heavy atom. The summed E-state index contributed by atoms with van der Waals surface area (Å²) in [4.78, 5) is 26.1. The van der Waals surface area contributed by atoms with Crippen LogP contribution in [0.15, 0.2) is 0 Å². The third kappa shape index (κ3) is 2.82. The highest BCUT2D eigenvalue weighted by atomic mass is 32.2. The van der Waals surface area contributed by atoms with E-state index in [9.17, 15) is 9.59 Å². The van der Waals surface area contributed by atoms with Crippen molar-refractivity contribution < 1.29 is 9.59 Å². The van der Waals surface area contributed by atoms with Crippen LogP contribution in [0, 0.1) is 5.92 Å². The number of imide groups is 1. The molecular formula is C14H22N2O2S. The maximum Gasteiger partial charge on any atom is 0.243 e. The summed E-state index contributed by atoms with van der Waals surface area (Å²) < 4.78 is 0. The Bertz CT molecular complexity index is 364. The van der Waals surface area contributed by atoms with Gasteiger partial charge in [0.25, 0.3) is 0 Å². The van der Waals surface area contributed by atoms with E-state index < -0.39 is 0 Å². The minimum atomic E-state index is -0.102. The molecule has 0 aromatic carbocycles. The monoisotopic (exact) mass is 282 g/mol. The molecule has 0 spiro atoms. The molecule has 4 nitrogen and oxygen atoms in total. The quantitative estimate of drug-likeness (QED) is 0.792. The van der Waals surface area contributed by atoms with E-state index in [4.69, 9.17) is 0 Å². The Balaban J connectivity index is 1.56. The topological polar surface area (TPSA) is 49.4 Å². The van der Waals surface area contributed by atoms with Crippen molar-refractivity contribution in [1.82, 2.24) is 10.2 Å². The molecule has 1 N–H and O–H groups in total. The van der Waals surface area contributed by atoms with Crippen LogP contribution in [0.3, 0.4) is 0 Å². The molecule has 5 heteroatoms. The first-order valence-electron chi connectivity index (χ1n) is 7.44. The molecule has 2 saturated heterocycles. The largest absolute Gasteiger partial charge is 0.316 e. The molecule has 1 aliphatic carbocycles. The van der Waals surface area contributed by atoms with Crippen molar-refractivity contribution in [3.8, 4) is 0 Å². The van der Waals surface area contributed by atoms with Crippen LogP contribution < -0.4 is 5.32 Å². The highest BCUT2D eigenvalue weighted by molar-refractivity contribution is 8.00. The van der Waals surface area contributed by atoms with Crippen molar-refractivity contribution in [1.29, 1.82) is 0 Å². The zero-order chi connectivity index (χ0) is 13.2. The van der Waals surface area contributed by atoms with Crippen molar-refractivity contribution in [2.75, 3.05) is 18.8 Å². The lowest BCUT2D eigenvalue weighted by molar-refractivity contribution is -0.141. The van der Waals surface area contributed by atoms with E-state index in [1.807, 2.05) is 0 Å². The van der Waals surface area contributed by atoms with Gasteiger partial charge in [-0.15, -0.1) is 11.8 Å². The van der Waals surface area contributed by atoms with Crippen molar-refractivity contribution in [3.63, 3.8) is 0 Å². The molecule has 1 unspecified atom stereocenters. The summed E-state index contributed by atoms with van der Waals surface area (Å²) in [6.45, 7) is 2.13. The van der Waals surface area contributed by atoms with Crippen LogP contribution in [0.5, 0.6) is 0 Å². The summed E-state index contributed by atoms with van der Waals surface area (Å²) in [5, 5.41) is 3.14. The van der Waals surface area contributed by atoms with Crippen molar-refractivity contribution in [3.05, 3.63) is 0 Å². The highest BCUT2D eigenvalue weighted by Crippen LogP contribution is 2.32. The summed E-state index contributed by atoms with van der Waals surface area (Å²) >= 11 is 1.70. The summed E-state index contributed by atoms with van der Waals surface area (Å²) in [7, 11) is 0. The van der Waals surface area contributed by atoms with E-state index in [0.717, 1.165) is 44.5 Å². The van der Waals surface area contributed by atoms with Crippen molar-refractivity contribution in [2.24, 2.45) is 5.92 Å². The Kier molecular flexibility index (Phi) is 4.12. The van der Waals surface area contributed by atoms with E-state index in [1.165, 1.54) is 6.42 Å². The fraction of sp³-hybridized carbons (Fsp3) is 0.857. The molecular weight excluding hydrogens is 260 g/mol. The zero-order valence-corrected chi connectivity index (χ0v) is 12.1. The lowest BCUT2D eigenvalue weighted by atomic mass is 9.94. The van der Waals surface area contributed by atoms with E-state index >= 15 is 0 Å². The number of rotatable bonds is 4. The number of carbonyl (C=O) groups excluding carboxylic acids is 2. The fourth-order valence-corrected chi connectivity index (χ4v) is 4.45. The minimum Gasteiger partial charge on any atom is -0.316 e. The van der Waals surface area contributed by atoms with Gasteiger partial charge in [-0.1, -0.05) is 19.3 Å². The van der Waals surface area contributed by atoms with Crippen LogP contribution in [-0.2, 0) is 9.59 Å². The molecule has 1 saturated carbocycles. The molecule has 0 aromatic rings. The second-order valence-electron chi connectivity index (χ2n) is 5.94. The van der Waals surface area contributed by atoms with Gasteiger partial charge in [-0.3, -0.25) is 14.5 Å². The molecule has 106 valence electrons. The number of nitrogens with zero attached hydrogens (tertiary/aromatic N) is 1. The normalized spacial score (nSPS) is 29.9. The maximum absolute atomic E-state index is 12.4. The molecule has 2 aliphatic heterocycles. The molecule has 2 amide bonds. The number of hydrogen-bond donors (Lipinski definition) is 1. The van der Waals surface area contributed by atoms with Gasteiger partial charge < -0.3 is 5.32 Å². The molecule has 3 aliphatic rings. The first-order chi connectivity index (χ1) is 9.25. The Morgan fingerprint density at radius 2 is 1.89 bits per heavy atom. The summed E-state index contributed by atoms with van der Waals surface area (Å²) in [6.07, 6.45) is 6.03. The number of carbonyl (C=O) groups is 2. The van der Waals surface area contributed by atoms with Crippen molar-refractivity contribution >= 4 is 23.6 Å². The average Bonchev–Trinajstić information content (AvgIpc) is 2.64. The first-order valence-corrected chi connectivity index (χ1v) is 8.49. The van der Waals surface area contributed by atoms with Crippen LogP contribution in [0.1, 0.15) is 38.5 Å². The van der Waals surface area contributed by atoms with Crippen molar-refractivity contribution in [2.45, 2.75) is 49.8 Å². The van der Waals surface area contributed by atoms with Crippen LogP contribution in [0.25, 0.3) is 0 Å². The summed E-state index contributed by atoms with van der Waals surface area (Å²) in [5.74, 6) is 1.86. The summed E-state index contributed by atoms with van der Waals surface area (Å²) in [6, 6.07) is 0.199. The number of hydrogen-bond acceptors (Lipinski definition) is 4. The van der Waals surface area contributed by atoms with Gasteiger partial charge in [-0.05, 0) is 37.6 Å². The predicted molar refractivity (Wildman–Crippen MR) is 75.9 cm³/mol. The smallest absolute Gasteiger partial charge is 0.243 e. The summed E-state index contributed by atoms with van der Waals surface area (Å²) in [5.41, 5.74) is 0. The van der Waals surface area contributed by atoms with Crippen LogP contribution in [0.4, 0.5) is 0 Å². The third-order valence-corrected chi connectivity index (χ3v) is 5.92. The van der Waals surface area contributed by atoms with Gasteiger partial charge in [-0.2, -0.15) is 0 Å². The Labute approximate surface area is 118 Å². The number of likely N-dealkylation sites (tertiary alicyclic amines) is 1. The molecule has 19 heavy (non-hydrogen) atoms. The molecule has 0 aromatic heterocycles. The van der Waals surface area contributed by atoms with Gasteiger partial charge in [0.15, 0.2) is 0 Å². The third-order valence-electron chi connectivity index (χ3n) is 4.48. The number of nitrogens with one attached hydrogen (secondary N) is 1. The SMILES string of the molecule is O=C1CC(SCC2CNC2)C(=O)N1C1CCCCC1. The first kappa shape index (κ1) is 13.4. The second kappa shape index (κ2) is 5.83. The molecule has 0 bridgehead atoms. The van der Waals surface area contributed by atoms with Gasteiger partial charge >= 0.3 is 0 Å². The van der Waals surface area contributed by atoms with Gasteiger partial charge in [-0.25, -0.2) is 0 Å². The maximum atomic E-state index is 12.4. The molecule has 3 rings (SSSR count).